The average Bonchev–Trinajstić information content (AvgIpc) is 0.787. The summed E-state index contributed by atoms with van der Waals surface area (Å²) in [6, 6.07) is -0.996. The van der Waals surface area contributed by atoms with Gasteiger partial charge in [-0.1, -0.05) is 268 Å². The predicted molar refractivity (Wildman–Crippen MR) is 374 cm³/mol. The lowest BCUT2D eigenvalue weighted by molar-refractivity contribution is -0.379. The lowest BCUT2D eigenvalue weighted by Crippen LogP contribution is -2.66. The number of hydrogen-bond donors (Lipinski definition) is 12. The maximum absolute atomic E-state index is 13.4. The van der Waals surface area contributed by atoms with Crippen molar-refractivity contribution in [3.63, 3.8) is 0 Å². The van der Waals surface area contributed by atoms with Crippen LogP contribution in [0.3, 0.4) is 0 Å². The third-order valence-corrected chi connectivity index (χ3v) is 19.1. The van der Waals surface area contributed by atoms with Gasteiger partial charge in [0, 0.05) is 6.42 Å². The van der Waals surface area contributed by atoms with Gasteiger partial charge in [0.15, 0.2) is 18.9 Å². The van der Waals surface area contributed by atoms with Crippen molar-refractivity contribution in [3.05, 3.63) is 48.6 Å². The van der Waals surface area contributed by atoms with E-state index in [9.17, 15) is 61.0 Å². The third kappa shape index (κ3) is 38.4. The first kappa shape index (κ1) is 87.0. The monoisotopic (exact) mass is 1350 g/mol. The van der Waals surface area contributed by atoms with E-state index in [0.717, 1.165) is 44.9 Å². The van der Waals surface area contributed by atoms with E-state index in [1.165, 1.54) is 218 Å². The molecule has 0 radical (unpaired) electrons. The summed E-state index contributed by atoms with van der Waals surface area (Å²) >= 11 is 0. The van der Waals surface area contributed by atoms with Gasteiger partial charge in [0.1, 0.15) is 73.2 Å². The van der Waals surface area contributed by atoms with E-state index in [4.69, 9.17) is 28.4 Å². The molecule has 0 bridgehead atoms. The van der Waals surface area contributed by atoms with E-state index in [1.54, 1.807) is 6.08 Å². The first-order valence-electron chi connectivity index (χ1n) is 38.4. The Morgan fingerprint density at radius 1 is 0.368 bits per heavy atom. The first-order valence-corrected chi connectivity index (χ1v) is 38.4. The van der Waals surface area contributed by atoms with Gasteiger partial charge in [-0.25, -0.2) is 0 Å². The summed E-state index contributed by atoms with van der Waals surface area (Å²) in [5.41, 5.74) is 0. The van der Waals surface area contributed by atoms with Crippen LogP contribution in [0.2, 0.25) is 0 Å². The summed E-state index contributed by atoms with van der Waals surface area (Å²) in [4.78, 5) is 13.4. The molecule has 3 heterocycles. The Kier molecular flexibility index (Phi) is 52.5. The Bertz CT molecular complexity index is 1910. The molecule has 17 unspecified atom stereocenters. The molecule has 3 aliphatic heterocycles. The molecular weight excluding hydrogens is 1210 g/mol. The molecule has 1 amide bonds. The summed E-state index contributed by atoms with van der Waals surface area (Å²) in [7, 11) is 0. The van der Waals surface area contributed by atoms with Gasteiger partial charge in [0.2, 0.25) is 5.91 Å². The molecule has 17 atom stereocenters. The van der Waals surface area contributed by atoms with Gasteiger partial charge in [-0.3, -0.25) is 4.79 Å². The van der Waals surface area contributed by atoms with Gasteiger partial charge in [-0.15, -0.1) is 0 Å². The number of ether oxygens (including phenoxy) is 6. The number of aliphatic hydroxyl groups is 11. The minimum absolute atomic E-state index is 0.234. The Morgan fingerprint density at radius 3 is 1.05 bits per heavy atom. The van der Waals surface area contributed by atoms with Crippen LogP contribution in [0.15, 0.2) is 48.6 Å². The average molecular weight is 1350 g/mol. The van der Waals surface area contributed by atoms with Crippen molar-refractivity contribution < 1.29 is 89.4 Å². The molecule has 3 saturated heterocycles. The number of carbonyl (C=O) groups excluding carboxylic acids is 1. The largest absolute Gasteiger partial charge is 0.394 e. The molecule has 0 aliphatic carbocycles. The highest BCUT2D eigenvalue weighted by molar-refractivity contribution is 5.76. The molecule has 19 heteroatoms. The zero-order valence-electron chi connectivity index (χ0n) is 59.2. The molecule has 0 aromatic rings. The second-order valence-corrected chi connectivity index (χ2v) is 27.4. The van der Waals surface area contributed by atoms with Crippen LogP contribution < -0.4 is 5.32 Å². The predicted octanol–water partition coefficient (Wildman–Crippen LogP) is 11.7. The maximum atomic E-state index is 13.4. The summed E-state index contributed by atoms with van der Waals surface area (Å²) in [5.74, 6) is -0.286. The number of aliphatic hydroxyl groups excluding tert-OH is 11. The summed E-state index contributed by atoms with van der Waals surface area (Å²) in [6.07, 6.45) is 44.0. The van der Waals surface area contributed by atoms with Crippen LogP contribution in [0.5, 0.6) is 0 Å². The number of allylic oxidation sites excluding steroid dienone is 7. The highest BCUT2D eigenvalue weighted by Gasteiger charge is 2.53. The van der Waals surface area contributed by atoms with Gasteiger partial charge in [-0.05, 0) is 70.6 Å². The quantitative estimate of drug-likeness (QED) is 0.0199. The zero-order valence-corrected chi connectivity index (χ0v) is 59.2. The molecule has 0 aromatic heterocycles. The van der Waals surface area contributed by atoms with Gasteiger partial charge < -0.3 is 89.9 Å². The van der Waals surface area contributed by atoms with Crippen LogP contribution in [0.1, 0.15) is 296 Å². The van der Waals surface area contributed by atoms with E-state index in [1.807, 2.05) is 6.08 Å². The fourth-order valence-electron chi connectivity index (χ4n) is 12.9. The van der Waals surface area contributed by atoms with Crippen LogP contribution in [-0.2, 0) is 33.2 Å². The van der Waals surface area contributed by atoms with Crippen molar-refractivity contribution in [3.8, 4) is 0 Å². The van der Waals surface area contributed by atoms with Gasteiger partial charge >= 0.3 is 0 Å². The second kappa shape index (κ2) is 57.4. The normalized spacial score (nSPS) is 27.4. The topological polar surface area (TPSA) is 307 Å². The SMILES string of the molecule is CCCCCCCCC/C=C/CC/C=C/CC/C=C/C(O)C(COC1OC(CO)C(OC2OC(CO)C(OC3OC(CO)C(O)C(O)C3O)C(O)C2O)C(O)C1O)NC(=O)CCCCCCCCCCCCCCCCCCCCCCC/C=C\CCCCCCCCCC. The fourth-order valence-corrected chi connectivity index (χ4v) is 12.9. The molecule has 556 valence electrons. The zero-order chi connectivity index (χ0) is 68.9. The van der Waals surface area contributed by atoms with Crippen LogP contribution in [-0.4, -0.2) is 193 Å². The Hall–Kier alpha value is -2.25. The number of unbranched alkanes of at least 4 members (excludes halogenated alkanes) is 38. The Balaban J connectivity index is 1.36. The van der Waals surface area contributed by atoms with Gasteiger partial charge in [-0.2, -0.15) is 0 Å². The van der Waals surface area contributed by atoms with Crippen LogP contribution in [0, 0.1) is 0 Å². The first-order chi connectivity index (χ1) is 46.3. The summed E-state index contributed by atoms with van der Waals surface area (Å²) in [6.45, 7) is 1.72. The maximum Gasteiger partial charge on any atom is 0.220 e. The molecule has 0 spiro atoms. The van der Waals surface area contributed by atoms with Crippen molar-refractivity contribution in [1.82, 2.24) is 5.32 Å². The second-order valence-electron chi connectivity index (χ2n) is 27.4. The molecule has 12 N–H and O–H groups in total. The van der Waals surface area contributed by atoms with E-state index in [-0.39, 0.29) is 18.9 Å². The van der Waals surface area contributed by atoms with Crippen LogP contribution in [0.25, 0.3) is 0 Å². The molecule has 3 rings (SSSR count). The molecule has 3 fully saturated rings. The highest BCUT2D eigenvalue weighted by Crippen LogP contribution is 2.33. The summed E-state index contributed by atoms with van der Waals surface area (Å²) < 4.78 is 34.4. The van der Waals surface area contributed by atoms with Crippen molar-refractivity contribution in [2.75, 3.05) is 26.4 Å². The van der Waals surface area contributed by atoms with Crippen molar-refractivity contribution in [2.24, 2.45) is 0 Å². The molecule has 3 aliphatic rings. The number of rotatable bonds is 60. The van der Waals surface area contributed by atoms with E-state index >= 15 is 0 Å². The number of carbonyl (C=O) groups is 1. The number of nitrogens with one attached hydrogen (secondary N) is 1. The minimum Gasteiger partial charge on any atom is -0.394 e. The molecular formula is C76H139NO18. The number of amides is 1. The smallest absolute Gasteiger partial charge is 0.220 e. The van der Waals surface area contributed by atoms with Crippen molar-refractivity contribution >= 4 is 5.91 Å². The standard InChI is InChI=1S/C76H139NO18/c1-3-5-7-9-11-13-15-17-19-21-22-23-24-25-26-27-28-29-30-31-32-33-34-35-36-38-40-42-44-46-48-50-52-54-64(82)77-59(60(81)53-51-49-47-45-43-41-39-37-20-18-16-14-12-10-8-6-4-2)58-90-74-70(88)67(85)72(62(56-79)92-74)95-76-71(89)68(86)73(63(57-80)93-76)94-75-69(87)66(84)65(83)61(55-78)91-75/h20-22,37,43,45,51,53,59-63,65-76,78-81,83-89H,3-19,23-36,38-42,44,46-50,52,54-58H2,1-2H3,(H,77,82)/b22-21-,37-20+,45-43+,53-51+. The lowest BCUT2D eigenvalue weighted by Gasteiger charge is -2.48. The molecule has 0 aromatic carbocycles. The van der Waals surface area contributed by atoms with Crippen molar-refractivity contribution in [2.45, 2.75) is 401 Å². The Morgan fingerprint density at radius 2 is 0.674 bits per heavy atom. The van der Waals surface area contributed by atoms with Crippen LogP contribution >= 0.6 is 0 Å². The Labute approximate surface area is 573 Å². The van der Waals surface area contributed by atoms with E-state index < -0.39 is 124 Å². The van der Waals surface area contributed by atoms with E-state index in [0.29, 0.717) is 12.8 Å². The third-order valence-electron chi connectivity index (χ3n) is 19.1. The molecule has 0 saturated carbocycles. The minimum atomic E-state index is -1.98. The van der Waals surface area contributed by atoms with Crippen molar-refractivity contribution in [1.29, 1.82) is 0 Å². The lowest BCUT2D eigenvalue weighted by atomic mass is 9.96. The number of hydrogen-bond acceptors (Lipinski definition) is 18. The molecule has 95 heavy (non-hydrogen) atoms. The van der Waals surface area contributed by atoms with Gasteiger partial charge in [0.25, 0.3) is 0 Å². The van der Waals surface area contributed by atoms with E-state index in [2.05, 4.69) is 55.6 Å². The fraction of sp³-hybridized carbons (Fsp3) is 0.882. The molecule has 19 nitrogen and oxygen atoms in total. The summed E-state index contributed by atoms with van der Waals surface area (Å²) in [5, 5.41) is 121. The van der Waals surface area contributed by atoms with Crippen LogP contribution in [0.4, 0.5) is 0 Å². The highest BCUT2D eigenvalue weighted by atomic mass is 16.8. The van der Waals surface area contributed by atoms with Gasteiger partial charge in [0.05, 0.1) is 38.6 Å².